The monoisotopic (exact) mass is 407 g/mol. The van der Waals surface area contributed by atoms with Crippen LogP contribution in [0.4, 0.5) is 0 Å². The summed E-state index contributed by atoms with van der Waals surface area (Å²) >= 11 is 0. The normalized spacial score (nSPS) is 10.9. The minimum Gasteiger partial charge on any atom is -0.461 e. The number of carbonyl (C=O) groups is 2. The minimum absolute atomic E-state index is 0.126. The Morgan fingerprint density at radius 2 is 1.93 bits per heavy atom. The van der Waals surface area contributed by atoms with Crippen molar-refractivity contribution in [3.8, 4) is 0 Å². The van der Waals surface area contributed by atoms with Gasteiger partial charge in [-0.05, 0) is 25.1 Å². The molecule has 30 heavy (non-hydrogen) atoms. The number of hydrogen-bond acceptors (Lipinski definition) is 5. The Labute approximate surface area is 175 Å². The van der Waals surface area contributed by atoms with Gasteiger partial charge in [-0.1, -0.05) is 12.2 Å². The van der Waals surface area contributed by atoms with Gasteiger partial charge in [0.1, 0.15) is 0 Å². The topological polar surface area (TPSA) is 84.5 Å². The van der Waals surface area contributed by atoms with Crippen LogP contribution < -0.4 is 0 Å². The van der Waals surface area contributed by atoms with Crippen LogP contribution in [0.5, 0.6) is 0 Å². The van der Waals surface area contributed by atoms with E-state index in [1.54, 1.807) is 43.3 Å². The lowest BCUT2D eigenvalue weighted by Crippen LogP contribution is -2.31. The Morgan fingerprint density at radius 3 is 2.57 bits per heavy atom. The van der Waals surface area contributed by atoms with Gasteiger partial charge in [0.15, 0.2) is 5.69 Å². The van der Waals surface area contributed by atoms with Crippen LogP contribution in [0.25, 0.3) is 21.8 Å². The molecule has 1 N–H and O–H groups in total. The molecule has 3 aromatic rings. The van der Waals surface area contributed by atoms with Gasteiger partial charge in [-0.15, -0.1) is 13.2 Å². The van der Waals surface area contributed by atoms with E-state index in [0.29, 0.717) is 24.2 Å². The maximum Gasteiger partial charge on any atom is 0.357 e. The van der Waals surface area contributed by atoms with Crippen molar-refractivity contribution in [2.45, 2.75) is 13.5 Å². The molecule has 0 aliphatic carbocycles. The number of nitrogens with zero attached hydrogens (tertiary/aromatic N) is 2. The zero-order chi connectivity index (χ0) is 21.7. The van der Waals surface area contributed by atoms with Crippen LogP contribution >= 0.6 is 0 Å². The van der Waals surface area contributed by atoms with Gasteiger partial charge in [-0.3, -0.25) is 4.79 Å². The number of H-pyrrole nitrogens is 1. The summed E-state index contributed by atoms with van der Waals surface area (Å²) in [6.45, 7) is 10.4. The number of nitrogens with one attached hydrogen (secondary N) is 1. The molecule has 0 bridgehead atoms. The van der Waals surface area contributed by atoms with Gasteiger partial charge < -0.3 is 19.4 Å². The number of rotatable bonds is 9. The van der Waals surface area contributed by atoms with E-state index in [9.17, 15) is 9.59 Å². The number of fused-ring (bicyclic) bond motifs is 3. The smallest absolute Gasteiger partial charge is 0.357 e. The van der Waals surface area contributed by atoms with Crippen LogP contribution in [0.3, 0.4) is 0 Å². The molecule has 7 nitrogen and oxygen atoms in total. The highest BCUT2D eigenvalue weighted by Crippen LogP contribution is 2.31. The number of methoxy groups -OCH3 is 1. The first kappa shape index (κ1) is 21.3. The summed E-state index contributed by atoms with van der Waals surface area (Å²) in [5.74, 6) is -0.629. The van der Waals surface area contributed by atoms with Crippen LogP contribution in [0.1, 0.15) is 33.3 Å². The summed E-state index contributed by atoms with van der Waals surface area (Å²) in [6, 6.07) is 5.45. The van der Waals surface area contributed by atoms with Crippen LogP contribution in [-0.2, 0) is 16.1 Å². The fraction of sp³-hybridized carbons (Fsp3) is 0.261. The Hall–Kier alpha value is -3.45. The molecule has 0 unspecified atom stereocenters. The van der Waals surface area contributed by atoms with E-state index in [4.69, 9.17) is 9.47 Å². The predicted octanol–water partition coefficient (Wildman–Crippen LogP) is 3.85. The maximum absolute atomic E-state index is 13.0. The molecule has 0 fully saturated rings. The molecule has 156 valence electrons. The summed E-state index contributed by atoms with van der Waals surface area (Å²) in [5, 5.41) is 1.60. The number of benzene rings is 1. The van der Waals surface area contributed by atoms with Crippen LogP contribution in [0.15, 0.2) is 49.7 Å². The third-order valence-corrected chi connectivity index (χ3v) is 4.73. The average molecular weight is 407 g/mol. The third kappa shape index (κ3) is 3.97. The number of aromatic nitrogens is 2. The lowest BCUT2D eigenvalue weighted by Gasteiger charge is -2.19. The second kappa shape index (κ2) is 9.37. The Kier molecular flexibility index (Phi) is 6.64. The molecule has 2 heterocycles. The summed E-state index contributed by atoms with van der Waals surface area (Å²) in [6.07, 6.45) is 4.96. The van der Waals surface area contributed by atoms with Crippen molar-refractivity contribution in [2.75, 3.05) is 26.8 Å². The summed E-state index contributed by atoms with van der Waals surface area (Å²) in [4.78, 5) is 34.7. The highest BCUT2D eigenvalue weighted by Gasteiger charge is 2.21. The zero-order valence-corrected chi connectivity index (χ0v) is 17.2. The lowest BCUT2D eigenvalue weighted by atomic mass is 10.0. The summed E-state index contributed by atoms with van der Waals surface area (Å²) < 4.78 is 10.5. The fourth-order valence-electron chi connectivity index (χ4n) is 3.49. The largest absolute Gasteiger partial charge is 0.461 e. The number of hydrogen-bond donors (Lipinski definition) is 1. The van der Waals surface area contributed by atoms with Gasteiger partial charge in [0.05, 0.1) is 24.9 Å². The Morgan fingerprint density at radius 1 is 1.20 bits per heavy atom. The van der Waals surface area contributed by atoms with Crippen molar-refractivity contribution in [1.29, 1.82) is 0 Å². The number of amides is 1. The first-order valence-electron chi connectivity index (χ1n) is 9.66. The van der Waals surface area contributed by atoms with Crippen molar-refractivity contribution in [3.05, 3.63) is 66.5 Å². The molecule has 0 aliphatic heterocycles. The predicted molar refractivity (Wildman–Crippen MR) is 117 cm³/mol. The molecule has 1 amide bonds. The van der Waals surface area contributed by atoms with E-state index in [0.717, 1.165) is 21.8 Å². The zero-order valence-electron chi connectivity index (χ0n) is 17.2. The quantitative estimate of drug-likeness (QED) is 0.430. The van der Waals surface area contributed by atoms with E-state index in [-0.39, 0.29) is 24.8 Å². The number of carbonyl (C=O) groups excluding carboxylic acids is 2. The molecular formula is C23H25N3O4. The fourth-order valence-corrected chi connectivity index (χ4v) is 3.49. The maximum atomic E-state index is 13.0. The van der Waals surface area contributed by atoms with Gasteiger partial charge >= 0.3 is 5.97 Å². The first-order valence-corrected chi connectivity index (χ1v) is 9.66. The number of ether oxygens (including phenoxy) is 2. The average Bonchev–Trinajstić information content (AvgIpc) is 3.11. The lowest BCUT2D eigenvalue weighted by molar-refractivity contribution is 0.0514. The van der Waals surface area contributed by atoms with Crippen molar-refractivity contribution in [1.82, 2.24) is 14.9 Å². The molecule has 0 radical (unpaired) electrons. The van der Waals surface area contributed by atoms with Gasteiger partial charge in [0.25, 0.3) is 5.91 Å². The first-order chi connectivity index (χ1) is 14.5. The van der Waals surface area contributed by atoms with E-state index in [2.05, 4.69) is 23.1 Å². The molecule has 7 heteroatoms. The van der Waals surface area contributed by atoms with E-state index < -0.39 is 5.97 Å². The summed E-state index contributed by atoms with van der Waals surface area (Å²) in [7, 11) is 1.56. The van der Waals surface area contributed by atoms with E-state index in [1.165, 1.54) is 0 Å². The molecular weight excluding hydrogens is 382 g/mol. The van der Waals surface area contributed by atoms with Gasteiger partial charge in [0, 0.05) is 47.6 Å². The second-order valence-corrected chi connectivity index (χ2v) is 6.70. The molecule has 2 aromatic heterocycles. The van der Waals surface area contributed by atoms with Crippen molar-refractivity contribution < 1.29 is 19.1 Å². The van der Waals surface area contributed by atoms with Crippen LogP contribution in [0.2, 0.25) is 0 Å². The second-order valence-electron chi connectivity index (χ2n) is 6.70. The van der Waals surface area contributed by atoms with E-state index >= 15 is 0 Å². The Balaban J connectivity index is 2.20. The molecule has 1 aromatic carbocycles. The van der Waals surface area contributed by atoms with Gasteiger partial charge in [-0.2, -0.15) is 0 Å². The molecule has 0 saturated heterocycles. The minimum atomic E-state index is -0.504. The molecule has 0 aliphatic rings. The molecule has 3 rings (SSSR count). The third-order valence-electron chi connectivity index (χ3n) is 4.73. The number of esters is 1. The van der Waals surface area contributed by atoms with Crippen molar-refractivity contribution in [2.24, 2.45) is 0 Å². The molecule has 0 atom stereocenters. The molecule has 0 saturated carbocycles. The SMILES string of the molecule is C=CCN(CC=C)C(=O)c1ccc2[nH]c3cnc(C(=O)OCC)c(COC)c3c2c1. The van der Waals surface area contributed by atoms with Gasteiger partial charge in [0.2, 0.25) is 0 Å². The summed E-state index contributed by atoms with van der Waals surface area (Å²) in [5.41, 5.74) is 2.96. The van der Waals surface area contributed by atoms with Crippen molar-refractivity contribution in [3.63, 3.8) is 0 Å². The highest BCUT2D eigenvalue weighted by atomic mass is 16.5. The number of pyridine rings is 1. The molecule has 0 spiro atoms. The van der Waals surface area contributed by atoms with Crippen LogP contribution in [0, 0.1) is 0 Å². The number of aromatic amines is 1. The highest BCUT2D eigenvalue weighted by molar-refractivity contribution is 6.13. The standard InChI is InChI=1S/C23H25N3O4/c1-5-10-26(11-6-2)22(27)15-8-9-18-16(12-15)20-17(14-29-4)21(23(28)30-7-3)24-13-19(20)25-18/h5-6,8-9,12-13,25H,1-2,7,10-11,14H2,3-4H3. The van der Waals surface area contributed by atoms with E-state index in [1.807, 2.05) is 12.1 Å². The Bertz CT molecular complexity index is 1110. The van der Waals surface area contributed by atoms with Crippen LogP contribution in [-0.4, -0.2) is 53.6 Å². The van der Waals surface area contributed by atoms with Crippen molar-refractivity contribution >= 4 is 33.7 Å². The van der Waals surface area contributed by atoms with Gasteiger partial charge in [-0.25, -0.2) is 9.78 Å².